The zero-order valence-electron chi connectivity index (χ0n) is 17.1. The number of para-hydroxylation sites is 1. The van der Waals surface area contributed by atoms with E-state index in [1.807, 2.05) is 74.2 Å². The van der Waals surface area contributed by atoms with Crippen molar-refractivity contribution in [2.24, 2.45) is 0 Å². The number of nitriles is 1. The predicted molar refractivity (Wildman–Crippen MR) is 119 cm³/mol. The molecule has 0 spiro atoms. The van der Waals surface area contributed by atoms with E-state index in [1.54, 1.807) is 12.1 Å². The van der Waals surface area contributed by atoms with Crippen LogP contribution in [-0.4, -0.2) is 23.8 Å². The van der Waals surface area contributed by atoms with Crippen LogP contribution < -0.4 is 15.0 Å². The van der Waals surface area contributed by atoms with E-state index < -0.39 is 12.0 Å². The van der Waals surface area contributed by atoms with Gasteiger partial charge in [-0.25, -0.2) is 4.79 Å². The molecule has 0 radical (unpaired) electrons. The van der Waals surface area contributed by atoms with Gasteiger partial charge >= 0.3 is 5.97 Å². The van der Waals surface area contributed by atoms with Crippen LogP contribution in [0, 0.1) is 11.3 Å². The summed E-state index contributed by atoms with van der Waals surface area (Å²) in [5.41, 5.74) is 2.91. The third kappa shape index (κ3) is 4.61. The number of esters is 1. The van der Waals surface area contributed by atoms with Crippen molar-refractivity contribution in [1.82, 2.24) is 5.32 Å². The fourth-order valence-corrected chi connectivity index (χ4v) is 3.66. The van der Waals surface area contributed by atoms with Gasteiger partial charge in [0.05, 0.1) is 17.7 Å². The molecule has 0 amide bonds. The van der Waals surface area contributed by atoms with Crippen molar-refractivity contribution in [1.29, 1.82) is 5.26 Å². The Hall–Kier alpha value is -3.37. The van der Waals surface area contributed by atoms with Crippen LogP contribution >= 0.6 is 12.2 Å². The summed E-state index contributed by atoms with van der Waals surface area (Å²) in [5, 5.41) is 12.4. The number of nitrogens with one attached hydrogen (secondary N) is 1. The van der Waals surface area contributed by atoms with Crippen LogP contribution in [0.4, 0.5) is 5.69 Å². The molecule has 30 heavy (non-hydrogen) atoms. The number of thiocarbonyl (C=S) groups is 1. The molecule has 1 N–H and O–H groups in total. The van der Waals surface area contributed by atoms with E-state index >= 15 is 0 Å². The minimum atomic E-state index is -0.464. The normalized spacial score (nSPS) is 16.2. The predicted octanol–water partition coefficient (Wildman–Crippen LogP) is 4.25. The summed E-state index contributed by atoms with van der Waals surface area (Å²) >= 11 is 5.64. The first-order chi connectivity index (χ1) is 14.4. The van der Waals surface area contributed by atoms with Crippen LogP contribution in [-0.2, 0) is 9.53 Å². The minimum absolute atomic E-state index is 0.0257. The maximum Gasteiger partial charge on any atom is 0.338 e. The fourth-order valence-electron chi connectivity index (χ4n) is 3.30. The second-order valence-corrected chi connectivity index (χ2v) is 7.41. The Morgan fingerprint density at radius 3 is 2.47 bits per heavy atom. The van der Waals surface area contributed by atoms with Crippen LogP contribution in [0.5, 0.6) is 5.75 Å². The molecule has 1 aliphatic rings. The van der Waals surface area contributed by atoms with Gasteiger partial charge in [-0.05, 0) is 62.8 Å². The summed E-state index contributed by atoms with van der Waals surface area (Å²) in [6, 6.07) is 18.3. The van der Waals surface area contributed by atoms with Crippen LogP contribution in [0.25, 0.3) is 0 Å². The zero-order valence-corrected chi connectivity index (χ0v) is 17.9. The summed E-state index contributed by atoms with van der Waals surface area (Å²) in [6.45, 7) is 5.48. The van der Waals surface area contributed by atoms with Crippen LogP contribution in [0.3, 0.4) is 0 Å². The van der Waals surface area contributed by atoms with Crippen LogP contribution in [0.2, 0.25) is 0 Å². The summed E-state index contributed by atoms with van der Waals surface area (Å²) in [5.74, 6) is 0.185. The van der Waals surface area contributed by atoms with Gasteiger partial charge in [-0.3, -0.25) is 4.90 Å². The zero-order chi connectivity index (χ0) is 21.7. The molecule has 0 saturated heterocycles. The number of benzene rings is 2. The lowest BCUT2D eigenvalue weighted by atomic mass is 9.94. The summed E-state index contributed by atoms with van der Waals surface area (Å²) in [6.07, 6.45) is -0.251. The Labute approximate surface area is 181 Å². The maximum atomic E-state index is 13.0. The van der Waals surface area contributed by atoms with Crippen molar-refractivity contribution in [2.45, 2.75) is 32.9 Å². The lowest BCUT2D eigenvalue weighted by Gasteiger charge is -2.37. The van der Waals surface area contributed by atoms with Gasteiger partial charge in [0.2, 0.25) is 0 Å². The molecule has 0 fully saturated rings. The molecule has 1 atom stereocenters. The molecule has 0 bridgehead atoms. The van der Waals surface area contributed by atoms with Gasteiger partial charge in [-0.1, -0.05) is 30.3 Å². The lowest BCUT2D eigenvalue weighted by Crippen LogP contribution is -2.48. The van der Waals surface area contributed by atoms with E-state index in [2.05, 4.69) is 5.32 Å². The number of hydrogen-bond acceptors (Lipinski definition) is 5. The van der Waals surface area contributed by atoms with Gasteiger partial charge in [0.25, 0.3) is 0 Å². The van der Waals surface area contributed by atoms with Crippen molar-refractivity contribution in [2.75, 3.05) is 11.5 Å². The number of ether oxygens (including phenoxy) is 2. The molecule has 0 aliphatic carbocycles. The van der Waals surface area contributed by atoms with Gasteiger partial charge in [-0.2, -0.15) is 5.26 Å². The number of carbonyl (C=O) groups is 1. The highest BCUT2D eigenvalue weighted by atomic mass is 32.1. The second kappa shape index (κ2) is 9.42. The smallest absolute Gasteiger partial charge is 0.338 e. The topological polar surface area (TPSA) is 74.6 Å². The molecular formula is C23H23N3O3S. The van der Waals surface area contributed by atoms with Gasteiger partial charge in [0, 0.05) is 11.4 Å². The first kappa shape index (κ1) is 21.3. The maximum absolute atomic E-state index is 13.0. The summed E-state index contributed by atoms with van der Waals surface area (Å²) in [4.78, 5) is 14.9. The highest BCUT2D eigenvalue weighted by Gasteiger charge is 2.35. The average molecular weight is 422 g/mol. The molecule has 2 aromatic rings. The van der Waals surface area contributed by atoms with Gasteiger partial charge < -0.3 is 14.8 Å². The Bertz CT molecular complexity index is 995. The first-order valence-corrected chi connectivity index (χ1v) is 10.00. The Morgan fingerprint density at radius 2 is 1.87 bits per heavy atom. The van der Waals surface area contributed by atoms with Crippen LogP contribution in [0.1, 0.15) is 32.4 Å². The molecule has 0 aromatic heterocycles. The third-order valence-corrected chi connectivity index (χ3v) is 4.88. The Kier molecular flexibility index (Phi) is 6.70. The van der Waals surface area contributed by atoms with Crippen molar-refractivity contribution in [3.8, 4) is 11.8 Å². The second-order valence-electron chi connectivity index (χ2n) is 7.02. The molecule has 7 heteroatoms. The highest BCUT2D eigenvalue weighted by molar-refractivity contribution is 7.80. The first-order valence-electron chi connectivity index (χ1n) is 9.59. The van der Waals surface area contributed by atoms with Crippen molar-refractivity contribution in [3.63, 3.8) is 0 Å². The molecule has 154 valence electrons. The van der Waals surface area contributed by atoms with E-state index in [4.69, 9.17) is 27.0 Å². The number of rotatable bonds is 6. The molecule has 0 saturated carbocycles. The standard InChI is InChI=1S/C23H23N3O3S/c1-15(2)29-22(27)20-16(3)26(18-7-5-4-6-8-18)23(30)25-21(20)17-9-11-19(12-10-17)28-14-13-24/h4-12,15,21H,14H2,1-3H3,(H,25,30)/t21-/m1/s1. The third-order valence-electron chi connectivity index (χ3n) is 4.58. The summed E-state index contributed by atoms with van der Waals surface area (Å²) in [7, 11) is 0. The Balaban J connectivity index is 2.03. The molecule has 6 nitrogen and oxygen atoms in total. The van der Waals surface area contributed by atoms with Crippen molar-refractivity contribution < 1.29 is 14.3 Å². The van der Waals surface area contributed by atoms with Crippen LogP contribution in [0.15, 0.2) is 65.9 Å². The average Bonchev–Trinajstić information content (AvgIpc) is 2.72. The number of nitrogens with zero attached hydrogens (tertiary/aromatic N) is 2. The van der Waals surface area contributed by atoms with Crippen molar-refractivity contribution >= 4 is 29.0 Å². The van der Waals surface area contributed by atoms with E-state index in [0.29, 0.717) is 22.1 Å². The fraction of sp³-hybridized carbons (Fsp3) is 0.261. The number of allylic oxidation sites excluding steroid dienone is 1. The summed E-state index contributed by atoms with van der Waals surface area (Å²) < 4.78 is 10.9. The number of carbonyl (C=O) groups excluding carboxylic acids is 1. The van der Waals surface area contributed by atoms with Gasteiger partial charge in [0.1, 0.15) is 11.8 Å². The SMILES string of the molecule is CC1=C(C(=O)OC(C)C)[C@@H](c2ccc(OCC#N)cc2)NC(=S)N1c1ccccc1. The molecule has 2 aromatic carbocycles. The number of hydrogen-bond donors (Lipinski definition) is 1. The molecule has 0 unspecified atom stereocenters. The molecular weight excluding hydrogens is 398 g/mol. The Morgan fingerprint density at radius 1 is 1.20 bits per heavy atom. The molecule has 1 heterocycles. The molecule has 3 rings (SSSR count). The molecule has 1 aliphatic heterocycles. The van der Waals surface area contributed by atoms with Crippen molar-refractivity contribution in [3.05, 3.63) is 71.4 Å². The monoisotopic (exact) mass is 421 g/mol. The van der Waals surface area contributed by atoms with Gasteiger partial charge in [0.15, 0.2) is 11.7 Å². The van der Waals surface area contributed by atoms with E-state index in [0.717, 1.165) is 11.3 Å². The largest absolute Gasteiger partial charge is 0.479 e. The minimum Gasteiger partial charge on any atom is -0.479 e. The quantitative estimate of drug-likeness (QED) is 0.552. The lowest BCUT2D eigenvalue weighted by molar-refractivity contribution is -0.143. The van der Waals surface area contributed by atoms with E-state index in [1.165, 1.54) is 0 Å². The van der Waals surface area contributed by atoms with E-state index in [9.17, 15) is 4.79 Å². The highest BCUT2D eigenvalue weighted by Crippen LogP contribution is 2.34. The number of anilines is 1. The van der Waals surface area contributed by atoms with E-state index in [-0.39, 0.29) is 12.7 Å². The van der Waals surface area contributed by atoms with Gasteiger partial charge in [-0.15, -0.1) is 0 Å².